The Kier molecular flexibility index (Phi) is 5.67. The van der Waals surface area contributed by atoms with Gasteiger partial charge in [0.25, 0.3) is 5.69 Å². The largest absolute Gasteiger partial charge is 0.365 e. The maximum Gasteiger partial charge on any atom is 0.270 e. The van der Waals surface area contributed by atoms with Gasteiger partial charge in [0.2, 0.25) is 5.91 Å². The molecule has 0 bridgehead atoms. The first-order valence-corrected chi connectivity index (χ1v) is 7.09. The molecule has 0 radical (unpaired) electrons. The fourth-order valence-electron chi connectivity index (χ4n) is 1.83. The minimum Gasteiger partial charge on any atom is -0.365 e. The van der Waals surface area contributed by atoms with Gasteiger partial charge in [0, 0.05) is 31.9 Å². The number of benzene rings is 1. The van der Waals surface area contributed by atoms with E-state index in [1.807, 2.05) is 0 Å². The lowest BCUT2D eigenvalue weighted by atomic mass is 10.2. The number of nitrogens with zero attached hydrogens (tertiary/aromatic N) is 3. The molecule has 0 fully saturated rings. The molecule has 1 aromatic carbocycles. The molecule has 0 unspecified atom stereocenters. The normalized spacial score (nSPS) is 10.5. The number of halogens is 1. The van der Waals surface area contributed by atoms with Crippen molar-refractivity contribution in [2.24, 2.45) is 7.05 Å². The third kappa shape index (κ3) is 4.76. The number of amides is 1. The third-order valence-electron chi connectivity index (χ3n) is 3.13. The minimum atomic E-state index is -0.527. The molecule has 2 rings (SSSR count). The standard InChI is InChI=1S/C14H15ClN4O4/c1-18-12(4-5-17-18)8-23-9-14(20)16-7-10-2-3-11(19(21)22)6-13(10)15/h2-6H,7-9H2,1H3,(H,16,20). The van der Waals surface area contributed by atoms with Crippen LogP contribution >= 0.6 is 11.6 Å². The second-order valence-corrected chi connectivity index (χ2v) is 5.16. The highest BCUT2D eigenvalue weighted by Crippen LogP contribution is 2.22. The van der Waals surface area contributed by atoms with E-state index in [0.717, 1.165) is 5.69 Å². The van der Waals surface area contributed by atoms with Crippen molar-refractivity contribution >= 4 is 23.2 Å². The number of rotatable bonds is 7. The van der Waals surface area contributed by atoms with Gasteiger partial charge in [-0.05, 0) is 17.7 Å². The maximum absolute atomic E-state index is 11.7. The molecule has 23 heavy (non-hydrogen) atoms. The van der Waals surface area contributed by atoms with E-state index in [9.17, 15) is 14.9 Å². The first-order chi connectivity index (χ1) is 11.0. The number of nitro benzene ring substituents is 1. The fraction of sp³-hybridized carbons (Fsp3) is 0.286. The van der Waals surface area contributed by atoms with Crippen molar-refractivity contribution in [2.75, 3.05) is 6.61 Å². The number of ether oxygens (including phenoxy) is 1. The van der Waals surface area contributed by atoms with Crippen molar-refractivity contribution in [3.05, 3.63) is 56.9 Å². The number of nitrogens with one attached hydrogen (secondary N) is 1. The van der Waals surface area contributed by atoms with Crippen LogP contribution in [0.15, 0.2) is 30.5 Å². The van der Waals surface area contributed by atoms with Crippen molar-refractivity contribution in [1.82, 2.24) is 15.1 Å². The molecule has 8 nitrogen and oxygen atoms in total. The van der Waals surface area contributed by atoms with Gasteiger partial charge in [-0.2, -0.15) is 5.10 Å². The predicted octanol–water partition coefficient (Wildman–Crippen LogP) is 1.81. The third-order valence-corrected chi connectivity index (χ3v) is 3.48. The number of nitro groups is 1. The van der Waals surface area contributed by atoms with Crippen LogP contribution in [0.25, 0.3) is 0 Å². The lowest BCUT2D eigenvalue weighted by Gasteiger charge is -2.08. The van der Waals surface area contributed by atoms with Gasteiger partial charge in [-0.1, -0.05) is 11.6 Å². The zero-order chi connectivity index (χ0) is 16.8. The Hall–Kier alpha value is -2.45. The van der Waals surface area contributed by atoms with Gasteiger partial charge in [-0.25, -0.2) is 0 Å². The second kappa shape index (κ2) is 7.70. The molecular formula is C14H15ClN4O4. The predicted molar refractivity (Wildman–Crippen MR) is 82.8 cm³/mol. The van der Waals surface area contributed by atoms with E-state index in [4.69, 9.17) is 16.3 Å². The van der Waals surface area contributed by atoms with Crippen molar-refractivity contribution in [3.63, 3.8) is 0 Å². The summed E-state index contributed by atoms with van der Waals surface area (Å²) < 4.78 is 6.96. The van der Waals surface area contributed by atoms with Gasteiger partial charge >= 0.3 is 0 Å². The number of carbonyl (C=O) groups is 1. The Morgan fingerprint density at radius 3 is 2.87 bits per heavy atom. The molecule has 1 amide bonds. The lowest BCUT2D eigenvalue weighted by molar-refractivity contribution is -0.384. The fourth-order valence-corrected chi connectivity index (χ4v) is 2.07. The summed E-state index contributed by atoms with van der Waals surface area (Å²) in [7, 11) is 1.79. The highest BCUT2D eigenvalue weighted by Gasteiger charge is 2.10. The number of aromatic nitrogens is 2. The molecule has 1 N–H and O–H groups in total. The zero-order valence-corrected chi connectivity index (χ0v) is 13.1. The second-order valence-electron chi connectivity index (χ2n) is 4.75. The average molecular weight is 339 g/mol. The molecule has 9 heteroatoms. The quantitative estimate of drug-likeness (QED) is 0.613. The van der Waals surface area contributed by atoms with Gasteiger partial charge in [-0.15, -0.1) is 0 Å². The maximum atomic E-state index is 11.7. The monoisotopic (exact) mass is 338 g/mol. The first kappa shape index (κ1) is 16.9. The molecule has 0 aliphatic carbocycles. The van der Waals surface area contributed by atoms with E-state index in [1.165, 1.54) is 18.2 Å². The topological polar surface area (TPSA) is 99.3 Å². The van der Waals surface area contributed by atoms with Crippen molar-refractivity contribution in [2.45, 2.75) is 13.2 Å². The van der Waals surface area contributed by atoms with E-state index in [2.05, 4.69) is 10.4 Å². The lowest BCUT2D eigenvalue weighted by Crippen LogP contribution is -2.27. The first-order valence-electron chi connectivity index (χ1n) is 6.71. The van der Waals surface area contributed by atoms with Crippen molar-refractivity contribution in [3.8, 4) is 0 Å². The Bertz CT molecular complexity index is 717. The highest BCUT2D eigenvalue weighted by atomic mass is 35.5. The number of hydrogen-bond acceptors (Lipinski definition) is 5. The average Bonchev–Trinajstić information content (AvgIpc) is 2.91. The molecule has 0 aliphatic rings. The summed E-state index contributed by atoms with van der Waals surface area (Å²) in [6.07, 6.45) is 1.65. The van der Waals surface area contributed by atoms with Crippen LogP contribution in [0.5, 0.6) is 0 Å². The van der Waals surface area contributed by atoms with Crippen LogP contribution in [-0.2, 0) is 29.7 Å². The number of aryl methyl sites for hydroxylation is 1. The molecule has 1 heterocycles. The van der Waals surface area contributed by atoms with E-state index in [1.54, 1.807) is 24.0 Å². The van der Waals surface area contributed by atoms with Gasteiger partial charge in [0.05, 0.1) is 22.2 Å². The van der Waals surface area contributed by atoms with Crippen LogP contribution in [0.4, 0.5) is 5.69 Å². The molecule has 0 saturated heterocycles. The molecule has 0 aliphatic heterocycles. The molecule has 0 spiro atoms. The van der Waals surface area contributed by atoms with Crippen LogP contribution in [0.3, 0.4) is 0 Å². The van der Waals surface area contributed by atoms with E-state index in [-0.39, 0.29) is 36.4 Å². The smallest absolute Gasteiger partial charge is 0.270 e. The summed E-state index contributed by atoms with van der Waals surface area (Å²) in [5, 5.41) is 17.5. The van der Waals surface area contributed by atoms with Gasteiger partial charge in [-0.3, -0.25) is 19.6 Å². The van der Waals surface area contributed by atoms with Gasteiger partial charge < -0.3 is 10.1 Å². The van der Waals surface area contributed by atoms with E-state index >= 15 is 0 Å². The van der Waals surface area contributed by atoms with Crippen LogP contribution in [-0.4, -0.2) is 27.2 Å². The number of non-ortho nitro benzene ring substituents is 1. The molecule has 0 atom stereocenters. The molecule has 122 valence electrons. The Morgan fingerprint density at radius 2 is 2.26 bits per heavy atom. The molecule has 0 saturated carbocycles. The summed E-state index contributed by atoms with van der Waals surface area (Å²) in [6.45, 7) is 0.350. The SMILES string of the molecule is Cn1nccc1COCC(=O)NCc1ccc([N+](=O)[O-])cc1Cl. The molecule has 1 aromatic heterocycles. The van der Waals surface area contributed by atoms with Crippen LogP contribution in [0.2, 0.25) is 5.02 Å². The summed E-state index contributed by atoms with van der Waals surface area (Å²) in [5.74, 6) is -0.304. The number of carbonyl (C=O) groups excluding carboxylic acids is 1. The van der Waals surface area contributed by atoms with E-state index < -0.39 is 4.92 Å². The Labute approximate surface area is 137 Å². The highest BCUT2D eigenvalue weighted by molar-refractivity contribution is 6.31. The summed E-state index contributed by atoms with van der Waals surface area (Å²) in [6, 6.07) is 5.90. The minimum absolute atomic E-state index is 0.0930. The Morgan fingerprint density at radius 1 is 1.48 bits per heavy atom. The zero-order valence-electron chi connectivity index (χ0n) is 12.4. The van der Waals surface area contributed by atoms with Gasteiger partial charge in [0.15, 0.2) is 0 Å². The Balaban J connectivity index is 1.78. The summed E-state index contributed by atoms with van der Waals surface area (Å²) in [4.78, 5) is 21.8. The van der Waals surface area contributed by atoms with Crippen LogP contribution < -0.4 is 5.32 Å². The summed E-state index contributed by atoms with van der Waals surface area (Å²) in [5.41, 5.74) is 1.36. The van der Waals surface area contributed by atoms with Crippen LogP contribution in [0, 0.1) is 10.1 Å². The summed E-state index contributed by atoms with van der Waals surface area (Å²) >= 11 is 5.95. The molecular weight excluding hydrogens is 324 g/mol. The van der Waals surface area contributed by atoms with E-state index in [0.29, 0.717) is 5.56 Å². The van der Waals surface area contributed by atoms with Crippen molar-refractivity contribution < 1.29 is 14.5 Å². The number of hydrogen-bond donors (Lipinski definition) is 1. The van der Waals surface area contributed by atoms with Gasteiger partial charge in [0.1, 0.15) is 6.61 Å². The van der Waals surface area contributed by atoms with Crippen LogP contribution in [0.1, 0.15) is 11.3 Å². The van der Waals surface area contributed by atoms with Crippen molar-refractivity contribution in [1.29, 1.82) is 0 Å². The molecule has 2 aromatic rings.